The minimum absolute atomic E-state index is 0.0734. The van der Waals surface area contributed by atoms with E-state index in [4.69, 9.17) is 14.4 Å². The highest BCUT2D eigenvalue weighted by atomic mass is 16.5. The molecule has 0 aliphatic heterocycles. The van der Waals surface area contributed by atoms with Gasteiger partial charge in [-0.1, -0.05) is 5.16 Å². The van der Waals surface area contributed by atoms with Gasteiger partial charge in [-0.15, -0.1) is 0 Å². The van der Waals surface area contributed by atoms with Crippen molar-refractivity contribution < 1.29 is 19.2 Å². The molecule has 1 saturated carbocycles. The van der Waals surface area contributed by atoms with Crippen LogP contribution in [0.15, 0.2) is 23.0 Å². The van der Waals surface area contributed by atoms with Crippen LogP contribution < -0.4 is 4.74 Å². The molecule has 1 aliphatic rings. The van der Waals surface area contributed by atoms with E-state index < -0.39 is 5.97 Å². The molecule has 0 amide bonds. The Labute approximate surface area is 108 Å². The van der Waals surface area contributed by atoms with E-state index in [9.17, 15) is 4.79 Å². The molecule has 0 atom stereocenters. The highest BCUT2D eigenvalue weighted by Crippen LogP contribution is 2.38. The fraction of sp³-hybridized carbons (Fsp3) is 0.333. The molecule has 98 valence electrons. The molecule has 0 unspecified atom stereocenters. The van der Waals surface area contributed by atoms with Gasteiger partial charge in [0.25, 0.3) is 0 Å². The summed E-state index contributed by atoms with van der Waals surface area (Å²) in [6.07, 6.45) is 4.88. The molecule has 1 fully saturated rings. The summed E-state index contributed by atoms with van der Waals surface area (Å²) in [6.45, 7) is 0.126. The van der Waals surface area contributed by atoms with E-state index in [0.717, 1.165) is 12.8 Å². The van der Waals surface area contributed by atoms with Gasteiger partial charge in [0.2, 0.25) is 11.7 Å². The summed E-state index contributed by atoms with van der Waals surface area (Å²) in [5.74, 6) is 0.808. The fourth-order valence-corrected chi connectivity index (χ4v) is 1.58. The molecule has 1 N–H and O–H groups in total. The Morgan fingerprint density at radius 1 is 1.47 bits per heavy atom. The highest BCUT2D eigenvalue weighted by Gasteiger charge is 2.29. The lowest BCUT2D eigenvalue weighted by molar-refractivity contribution is 0.0696. The van der Waals surface area contributed by atoms with E-state index in [2.05, 4.69) is 15.1 Å². The molecule has 0 spiro atoms. The SMILES string of the molecule is O=C(O)c1cncc(OCc2noc(C3CC3)n2)c1. The Balaban J connectivity index is 1.64. The zero-order valence-corrected chi connectivity index (χ0v) is 9.94. The van der Waals surface area contributed by atoms with Crippen molar-refractivity contribution in [3.05, 3.63) is 35.7 Å². The third-order valence-corrected chi connectivity index (χ3v) is 2.74. The van der Waals surface area contributed by atoms with Crippen molar-refractivity contribution in [1.29, 1.82) is 0 Å². The van der Waals surface area contributed by atoms with E-state index in [1.165, 1.54) is 18.5 Å². The molecule has 7 nitrogen and oxygen atoms in total. The van der Waals surface area contributed by atoms with E-state index in [1.54, 1.807) is 0 Å². The number of carboxylic acid groups (broad SMARTS) is 1. The van der Waals surface area contributed by atoms with Crippen LogP contribution in [0.25, 0.3) is 0 Å². The average molecular weight is 261 g/mol. The summed E-state index contributed by atoms with van der Waals surface area (Å²) >= 11 is 0. The third kappa shape index (κ3) is 2.70. The molecular formula is C12H11N3O4. The van der Waals surface area contributed by atoms with Gasteiger partial charge in [0.05, 0.1) is 11.8 Å². The second kappa shape index (κ2) is 4.68. The lowest BCUT2D eigenvalue weighted by atomic mass is 10.3. The number of ether oxygens (including phenoxy) is 1. The van der Waals surface area contributed by atoms with Crippen molar-refractivity contribution in [2.45, 2.75) is 25.4 Å². The Morgan fingerprint density at radius 3 is 3.05 bits per heavy atom. The van der Waals surface area contributed by atoms with Gasteiger partial charge >= 0.3 is 5.97 Å². The van der Waals surface area contributed by atoms with Crippen LogP contribution in [0.1, 0.15) is 40.8 Å². The smallest absolute Gasteiger partial charge is 0.337 e. The van der Waals surface area contributed by atoms with E-state index >= 15 is 0 Å². The van der Waals surface area contributed by atoms with Crippen LogP contribution in [0.3, 0.4) is 0 Å². The number of carbonyl (C=O) groups is 1. The topological polar surface area (TPSA) is 98.3 Å². The Morgan fingerprint density at radius 2 is 2.32 bits per heavy atom. The fourth-order valence-electron chi connectivity index (χ4n) is 1.58. The lowest BCUT2D eigenvalue weighted by Gasteiger charge is -2.02. The zero-order valence-electron chi connectivity index (χ0n) is 9.94. The number of pyridine rings is 1. The Kier molecular flexibility index (Phi) is 2.86. The van der Waals surface area contributed by atoms with Gasteiger partial charge in [0.15, 0.2) is 6.61 Å². The number of aromatic carboxylic acids is 1. The first-order chi connectivity index (χ1) is 9.22. The molecule has 0 saturated heterocycles. The van der Waals surface area contributed by atoms with Gasteiger partial charge in [-0.2, -0.15) is 4.98 Å². The number of hydrogen-bond donors (Lipinski definition) is 1. The molecule has 0 bridgehead atoms. The number of carboxylic acids is 1. The minimum Gasteiger partial charge on any atom is -0.484 e. The highest BCUT2D eigenvalue weighted by molar-refractivity contribution is 5.87. The maximum absolute atomic E-state index is 10.8. The molecule has 0 radical (unpaired) electrons. The van der Waals surface area contributed by atoms with Crippen molar-refractivity contribution >= 4 is 5.97 Å². The van der Waals surface area contributed by atoms with Crippen LogP contribution in [0.4, 0.5) is 0 Å². The molecular weight excluding hydrogens is 250 g/mol. The largest absolute Gasteiger partial charge is 0.484 e. The van der Waals surface area contributed by atoms with E-state index in [0.29, 0.717) is 23.4 Å². The maximum atomic E-state index is 10.8. The third-order valence-electron chi connectivity index (χ3n) is 2.74. The standard InChI is InChI=1S/C12H11N3O4/c16-12(17)8-3-9(5-13-4-8)18-6-10-14-11(19-15-10)7-1-2-7/h3-5,7H,1-2,6H2,(H,16,17). The van der Waals surface area contributed by atoms with Crippen LogP contribution in [-0.4, -0.2) is 26.2 Å². The zero-order chi connectivity index (χ0) is 13.2. The first-order valence-electron chi connectivity index (χ1n) is 5.86. The Bertz CT molecular complexity index is 607. The van der Waals surface area contributed by atoms with E-state index in [-0.39, 0.29) is 12.2 Å². The summed E-state index contributed by atoms with van der Waals surface area (Å²) in [7, 11) is 0. The van der Waals surface area contributed by atoms with Crippen molar-refractivity contribution in [3.63, 3.8) is 0 Å². The van der Waals surface area contributed by atoms with Crippen LogP contribution in [-0.2, 0) is 6.61 Å². The van der Waals surface area contributed by atoms with Gasteiger partial charge < -0.3 is 14.4 Å². The second-order valence-electron chi connectivity index (χ2n) is 4.33. The predicted octanol–water partition coefficient (Wildman–Crippen LogP) is 1.62. The van der Waals surface area contributed by atoms with Crippen molar-refractivity contribution in [2.24, 2.45) is 0 Å². The lowest BCUT2D eigenvalue weighted by Crippen LogP contribution is -2.01. The molecule has 19 heavy (non-hydrogen) atoms. The van der Waals surface area contributed by atoms with Crippen molar-refractivity contribution in [1.82, 2.24) is 15.1 Å². The van der Waals surface area contributed by atoms with E-state index in [1.807, 2.05) is 0 Å². The van der Waals surface area contributed by atoms with Crippen LogP contribution >= 0.6 is 0 Å². The quantitative estimate of drug-likeness (QED) is 0.872. The first kappa shape index (κ1) is 11.6. The first-order valence-corrected chi connectivity index (χ1v) is 5.86. The van der Waals surface area contributed by atoms with Crippen LogP contribution in [0.2, 0.25) is 0 Å². The molecule has 3 rings (SSSR count). The molecule has 2 aromatic rings. The van der Waals surface area contributed by atoms with Crippen molar-refractivity contribution in [2.75, 3.05) is 0 Å². The number of hydrogen-bond acceptors (Lipinski definition) is 6. The molecule has 7 heteroatoms. The Hall–Kier alpha value is -2.44. The predicted molar refractivity (Wildman–Crippen MR) is 61.8 cm³/mol. The average Bonchev–Trinajstić information content (AvgIpc) is 3.16. The number of rotatable bonds is 5. The van der Waals surface area contributed by atoms with Crippen LogP contribution in [0.5, 0.6) is 5.75 Å². The van der Waals surface area contributed by atoms with Crippen LogP contribution in [0, 0.1) is 0 Å². The summed E-state index contributed by atoms with van der Waals surface area (Å²) < 4.78 is 10.5. The summed E-state index contributed by atoms with van der Waals surface area (Å²) in [4.78, 5) is 18.8. The van der Waals surface area contributed by atoms with Gasteiger partial charge in [0, 0.05) is 12.1 Å². The molecule has 0 aromatic carbocycles. The maximum Gasteiger partial charge on any atom is 0.337 e. The molecule has 2 heterocycles. The monoisotopic (exact) mass is 261 g/mol. The normalized spacial score (nSPS) is 14.3. The summed E-state index contributed by atoms with van der Waals surface area (Å²) in [5.41, 5.74) is 0.0734. The second-order valence-corrected chi connectivity index (χ2v) is 4.33. The summed E-state index contributed by atoms with van der Waals surface area (Å²) in [5, 5.41) is 12.6. The van der Waals surface area contributed by atoms with Gasteiger partial charge in [-0.25, -0.2) is 4.79 Å². The minimum atomic E-state index is -1.05. The molecule has 1 aliphatic carbocycles. The van der Waals surface area contributed by atoms with Crippen molar-refractivity contribution in [3.8, 4) is 5.75 Å². The number of nitrogens with zero attached hydrogens (tertiary/aromatic N) is 3. The van der Waals surface area contributed by atoms with Gasteiger partial charge in [-0.3, -0.25) is 4.98 Å². The molecule has 2 aromatic heterocycles. The summed E-state index contributed by atoms with van der Waals surface area (Å²) in [6, 6.07) is 1.40. The van der Waals surface area contributed by atoms with Gasteiger partial charge in [-0.05, 0) is 18.9 Å². The van der Waals surface area contributed by atoms with Gasteiger partial charge in [0.1, 0.15) is 5.75 Å². The number of aromatic nitrogens is 3.